The first kappa shape index (κ1) is 22.8. The van der Waals surface area contributed by atoms with Crippen LogP contribution in [0.25, 0.3) is 0 Å². The van der Waals surface area contributed by atoms with E-state index in [1.165, 1.54) is 18.2 Å². The molecule has 2 aromatic carbocycles. The van der Waals surface area contributed by atoms with Crippen LogP contribution in [0.5, 0.6) is 0 Å². The van der Waals surface area contributed by atoms with Crippen LogP contribution in [0, 0.1) is 0 Å². The first-order valence-corrected chi connectivity index (χ1v) is 10.6. The lowest BCUT2D eigenvalue weighted by molar-refractivity contribution is -0.136. The number of hydrogen-bond acceptors (Lipinski definition) is 6. The van der Waals surface area contributed by atoms with Gasteiger partial charge in [-0.2, -0.15) is 0 Å². The van der Waals surface area contributed by atoms with Gasteiger partial charge in [0.05, 0.1) is 16.7 Å². The fourth-order valence-electron chi connectivity index (χ4n) is 4.00. The number of amides is 6. The Labute approximate surface area is 194 Å². The van der Waals surface area contributed by atoms with Gasteiger partial charge in [0.15, 0.2) is 5.78 Å². The summed E-state index contributed by atoms with van der Waals surface area (Å²) >= 11 is 0. The Balaban J connectivity index is 1.47. The molecule has 34 heavy (non-hydrogen) atoms. The second-order valence-electron chi connectivity index (χ2n) is 8.61. The summed E-state index contributed by atoms with van der Waals surface area (Å²) in [7, 11) is 0. The minimum absolute atomic E-state index is 0.0221. The zero-order valence-corrected chi connectivity index (χ0v) is 18.5. The van der Waals surface area contributed by atoms with Crippen molar-refractivity contribution in [3.63, 3.8) is 0 Å². The largest absolute Gasteiger partial charge is 0.326 e. The molecule has 0 aromatic heterocycles. The molecule has 2 aliphatic heterocycles. The molecule has 0 radical (unpaired) electrons. The molecule has 3 N–H and O–H groups in total. The SMILES string of the molecule is CC(C)(NC(=O)Nc1ccc2c(c1)C(=O)N(C1CCC(=O)NC1=O)C2=O)C(=O)c1ccccc1. The Morgan fingerprint density at radius 3 is 2.32 bits per heavy atom. The highest BCUT2D eigenvalue weighted by Crippen LogP contribution is 2.29. The van der Waals surface area contributed by atoms with E-state index in [9.17, 15) is 28.8 Å². The Morgan fingerprint density at radius 1 is 0.971 bits per heavy atom. The topological polar surface area (TPSA) is 142 Å². The molecule has 1 fully saturated rings. The van der Waals surface area contributed by atoms with Crippen LogP contribution in [-0.4, -0.2) is 51.9 Å². The molecule has 1 atom stereocenters. The maximum Gasteiger partial charge on any atom is 0.320 e. The molecule has 174 valence electrons. The van der Waals surface area contributed by atoms with E-state index in [-0.39, 0.29) is 35.4 Å². The molecule has 1 saturated heterocycles. The molecule has 2 heterocycles. The second kappa shape index (κ2) is 8.54. The minimum Gasteiger partial charge on any atom is -0.326 e. The van der Waals surface area contributed by atoms with Crippen molar-refractivity contribution < 1.29 is 28.8 Å². The minimum atomic E-state index is -1.21. The van der Waals surface area contributed by atoms with Gasteiger partial charge in [0.1, 0.15) is 6.04 Å². The fraction of sp³-hybridized carbons (Fsp3) is 0.250. The number of Topliss-reactive ketones (excluding diaryl/α,β-unsaturated/α-hetero) is 1. The Bertz CT molecular complexity index is 1240. The molecular weight excluding hydrogens is 440 g/mol. The van der Waals surface area contributed by atoms with Gasteiger partial charge >= 0.3 is 6.03 Å². The first-order valence-electron chi connectivity index (χ1n) is 10.6. The Kier molecular flexibility index (Phi) is 5.74. The van der Waals surface area contributed by atoms with Crippen molar-refractivity contribution >= 4 is 41.1 Å². The smallest absolute Gasteiger partial charge is 0.320 e. The van der Waals surface area contributed by atoms with Crippen LogP contribution >= 0.6 is 0 Å². The summed E-state index contributed by atoms with van der Waals surface area (Å²) in [5, 5.41) is 7.32. The maximum atomic E-state index is 12.9. The van der Waals surface area contributed by atoms with E-state index in [1.54, 1.807) is 44.2 Å². The predicted molar refractivity (Wildman–Crippen MR) is 120 cm³/mol. The fourth-order valence-corrected chi connectivity index (χ4v) is 4.00. The number of carbonyl (C=O) groups is 6. The number of benzene rings is 2. The first-order chi connectivity index (χ1) is 16.1. The number of ketones is 1. The average molecular weight is 462 g/mol. The van der Waals surface area contributed by atoms with Gasteiger partial charge in [-0.05, 0) is 38.5 Å². The van der Waals surface area contributed by atoms with Crippen molar-refractivity contribution in [3.8, 4) is 0 Å². The number of rotatable bonds is 5. The summed E-state index contributed by atoms with van der Waals surface area (Å²) in [6, 6.07) is 11.0. The maximum absolute atomic E-state index is 12.9. The van der Waals surface area contributed by atoms with E-state index in [4.69, 9.17) is 0 Å². The van der Waals surface area contributed by atoms with Crippen LogP contribution in [0.2, 0.25) is 0 Å². The van der Waals surface area contributed by atoms with Gasteiger partial charge in [0.2, 0.25) is 11.8 Å². The lowest BCUT2D eigenvalue weighted by Crippen LogP contribution is -2.54. The van der Waals surface area contributed by atoms with Gasteiger partial charge < -0.3 is 10.6 Å². The molecule has 0 saturated carbocycles. The molecule has 6 amide bonds. The third kappa shape index (κ3) is 4.17. The van der Waals surface area contributed by atoms with Crippen molar-refractivity contribution in [2.45, 2.75) is 38.3 Å². The van der Waals surface area contributed by atoms with E-state index >= 15 is 0 Å². The number of anilines is 1. The molecule has 0 spiro atoms. The molecule has 0 aliphatic carbocycles. The highest BCUT2D eigenvalue weighted by Gasteiger charge is 2.44. The zero-order valence-electron chi connectivity index (χ0n) is 18.5. The van der Waals surface area contributed by atoms with Gasteiger partial charge in [-0.1, -0.05) is 30.3 Å². The van der Waals surface area contributed by atoms with Crippen LogP contribution in [0.1, 0.15) is 57.8 Å². The van der Waals surface area contributed by atoms with Crippen LogP contribution in [0.3, 0.4) is 0 Å². The van der Waals surface area contributed by atoms with Gasteiger partial charge in [-0.3, -0.25) is 34.2 Å². The molecule has 10 heteroatoms. The van der Waals surface area contributed by atoms with Crippen molar-refractivity contribution in [3.05, 3.63) is 65.2 Å². The molecule has 2 aromatic rings. The molecule has 0 bridgehead atoms. The number of fused-ring (bicyclic) bond motifs is 1. The van der Waals surface area contributed by atoms with Crippen LogP contribution in [0.4, 0.5) is 10.5 Å². The molecule has 1 unspecified atom stereocenters. The second-order valence-corrected chi connectivity index (χ2v) is 8.61. The van der Waals surface area contributed by atoms with Gasteiger partial charge in [-0.15, -0.1) is 0 Å². The van der Waals surface area contributed by atoms with Crippen molar-refractivity contribution in [1.29, 1.82) is 0 Å². The highest BCUT2D eigenvalue weighted by atomic mass is 16.2. The Morgan fingerprint density at radius 2 is 1.65 bits per heavy atom. The van der Waals surface area contributed by atoms with Gasteiger partial charge in [0.25, 0.3) is 11.8 Å². The summed E-state index contributed by atoms with van der Waals surface area (Å²) in [6.07, 6.45) is 0.0719. The lowest BCUT2D eigenvalue weighted by Gasteiger charge is -2.27. The number of nitrogens with zero attached hydrogens (tertiary/aromatic N) is 1. The number of hydrogen-bond donors (Lipinski definition) is 3. The van der Waals surface area contributed by atoms with Crippen molar-refractivity contribution in [2.75, 3.05) is 5.32 Å². The predicted octanol–water partition coefficient (Wildman–Crippen LogP) is 1.87. The molecule has 2 aliphatic rings. The zero-order chi connectivity index (χ0) is 24.6. The molecular formula is C24H22N4O6. The number of carbonyl (C=O) groups excluding carboxylic acids is 6. The summed E-state index contributed by atoms with van der Waals surface area (Å²) in [4.78, 5) is 75.4. The van der Waals surface area contributed by atoms with Gasteiger partial charge in [-0.25, -0.2) is 4.79 Å². The number of urea groups is 1. The summed E-state index contributed by atoms with van der Waals surface area (Å²) in [5.41, 5.74) is -0.405. The third-order valence-electron chi connectivity index (χ3n) is 5.73. The summed E-state index contributed by atoms with van der Waals surface area (Å²) in [6.45, 7) is 3.15. The van der Waals surface area contributed by atoms with Gasteiger partial charge in [0, 0.05) is 17.7 Å². The van der Waals surface area contributed by atoms with Crippen molar-refractivity contribution in [1.82, 2.24) is 15.5 Å². The van der Waals surface area contributed by atoms with Crippen LogP contribution < -0.4 is 16.0 Å². The van der Waals surface area contributed by atoms with Crippen LogP contribution in [-0.2, 0) is 9.59 Å². The molecule has 10 nitrogen and oxygen atoms in total. The van der Waals surface area contributed by atoms with E-state index in [1.807, 2.05) is 0 Å². The van der Waals surface area contributed by atoms with E-state index in [0.717, 1.165) is 4.90 Å². The number of imide groups is 2. The summed E-state index contributed by atoms with van der Waals surface area (Å²) < 4.78 is 0. The van der Waals surface area contributed by atoms with Crippen LogP contribution in [0.15, 0.2) is 48.5 Å². The lowest BCUT2D eigenvalue weighted by atomic mass is 9.93. The average Bonchev–Trinajstić information content (AvgIpc) is 3.03. The standard InChI is InChI=1S/C24H22N4O6/c1-24(2,19(30)13-6-4-3-5-7-13)27-23(34)25-14-8-9-15-16(12-14)22(33)28(21(15)32)17-10-11-18(29)26-20(17)31/h3-9,12,17H,10-11H2,1-2H3,(H2,25,27,34)(H,26,29,31). The normalized spacial score (nSPS) is 17.8. The van der Waals surface area contributed by atoms with E-state index in [2.05, 4.69) is 16.0 Å². The monoisotopic (exact) mass is 462 g/mol. The number of nitrogens with one attached hydrogen (secondary N) is 3. The molecule has 4 rings (SSSR count). The van der Waals surface area contributed by atoms with E-state index < -0.39 is 41.2 Å². The highest BCUT2D eigenvalue weighted by molar-refractivity contribution is 6.24. The Hall–Kier alpha value is -4.34. The van der Waals surface area contributed by atoms with E-state index in [0.29, 0.717) is 5.56 Å². The van der Waals surface area contributed by atoms with Crippen molar-refractivity contribution in [2.24, 2.45) is 0 Å². The number of piperidine rings is 1. The summed E-state index contributed by atoms with van der Waals surface area (Å²) in [5.74, 6) is -2.76. The third-order valence-corrected chi connectivity index (χ3v) is 5.73. The quantitative estimate of drug-likeness (QED) is 0.458.